The van der Waals surface area contributed by atoms with Gasteiger partial charge in [0.1, 0.15) is 6.04 Å². The molecule has 0 amide bonds. The molecule has 1 aliphatic heterocycles. The van der Waals surface area contributed by atoms with Crippen molar-refractivity contribution in [3.8, 4) is 0 Å². The number of hydrogen-bond donors (Lipinski definition) is 1. The number of nitrogens with zero attached hydrogens (tertiary/aromatic N) is 1. The Hall–Kier alpha value is -0.830. The van der Waals surface area contributed by atoms with Crippen molar-refractivity contribution in [1.29, 1.82) is 0 Å². The molecule has 19 heavy (non-hydrogen) atoms. The van der Waals surface area contributed by atoms with Crippen molar-refractivity contribution in [1.82, 2.24) is 4.31 Å². The van der Waals surface area contributed by atoms with E-state index in [2.05, 4.69) is 0 Å². The van der Waals surface area contributed by atoms with E-state index in [4.69, 9.17) is 5.11 Å². The van der Waals surface area contributed by atoms with Gasteiger partial charge in [-0.25, -0.2) is 8.42 Å². The van der Waals surface area contributed by atoms with Crippen LogP contribution in [0, 0.1) is 0 Å². The summed E-state index contributed by atoms with van der Waals surface area (Å²) >= 11 is 0. The van der Waals surface area contributed by atoms with Gasteiger partial charge in [0.2, 0.25) is 10.0 Å². The van der Waals surface area contributed by atoms with E-state index < -0.39 is 46.8 Å². The predicted octanol–water partition coefficient (Wildman–Crippen LogP) is 1.60. The third-order valence-corrected chi connectivity index (χ3v) is 4.91. The number of carboxylic acid groups (broad SMARTS) is 1. The lowest BCUT2D eigenvalue weighted by Crippen LogP contribution is -2.48. The van der Waals surface area contributed by atoms with Crippen LogP contribution >= 0.6 is 0 Å². The number of aliphatic carboxylic acids is 1. The van der Waals surface area contributed by atoms with Gasteiger partial charge in [-0.3, -0.25) is 4.79 Å². The second-order valence-electron chi connectivity index (χ2n) is 4.50. The molecule has 0 aromatic carbocycles. The van der Waals surface area contributed by atoms with Gasteiger partial charge in [-0.05, 0) is 25.7 Å². The summed E-state index contributed by atoms with van der Waals surface area (Å²) < 4.78 is 60.5. The van der Waals surface area contributed by atoms with Gasteiger partial charge >= 0.3 is 12.1 Å². The van der Waals surface area contributed by atoms with Crippen molar-refractivity contribution in [3.63, 3.8) is 0 Å². The van der Waals surface area contributed by atoms with Gasteiger partial charge in [0.25, 0.3) is 0 Å². The van der Waals surface area contributed by atoms with Crippen LogP contribution in [0.4, 0.5) is 13.2 Å². The quantitative estimate of drug-likeness (QED) is 0.837. The summed E-state index contributed by atoms with van der Waals surface area (Å²) in [5, 5.41) is 8.94. The maximum Gasteiger partial charge on any atom is 0.389 e. The Bertz CT molecular complexity index is 421. The van der Waals surface area contributed by atoms with Gasteiger partial charge in [-0.2, -0.15) is 17.5 Å². The molecule has 0 aliphatic carbocycles. The minimum absolute atomic E-state index is 0.0608. The topological polar surface area (TPSA) is 74.7 Å². The lowest BCUT2D eigenvalue weighted by molar-refractivity contribution is -0.142. The second-order valence-corrected chi connectivity index (χ2v) is 6.54. The molecule has 1 saturated heterocycles. The highest BCUT2D eigenvalue weighted by atomic mass is 32.2. The van der Waals surface area contributed by atoms with Crippen LogP contribution in [0.5, 0.6) is 0 Å². The minimum Gasteiger partial charge on any atom is -0.480 e. The average Bonchev–Trinajstić information content (AvgIpc) is 2.27. The number of hydrogen-bond acceptors (Lipinski definition) is 3. The highest BCUT2D eigenvalue weighted by Gasteiger charge is 2.37. The first kappa shape index (κ1) is 16.2. The van der Waals surface area contributed by atoms with E-state index in [1.165, 1.54) is 0 Å². The second kappa shape index (κ2) is 6.08. The molecule has 1 rings (SSSR count). The highest BCUT2D eigenvalue weighted by Crippen LogP contribution is 2.24. The average molecular weight is 303 g/mol. The highest BCUT2D eigenvalue weighted by molar-refractivity contribution is 7.89. The van der Waals surface area contributed by atoms with Crippen LogP contribution in [0.25, 0.3) is 0 Å². The molecule has 1 N–H and O–H groups in total. The third kappa shape index (κ3) is 4.98. The fourth-order valence-electron chi connectivity index (χ4n) is 2.06. The molecule has 0 radical (unpaired) electrons. The monoisotopic (exact) mass is 303 g/mol. The van der Waals surface area contributed by atoms with Crippen molar-refractivity contribution in [2.24, 2.45) is 0 Å². The summed E-state index contributed by atoms with van der Waals surface area (Å²) in [6.45, 7) is 0.0608. The Morgan fingerprint density at radius 1 is 1.32 bits per heavy atom. The number of halogens is 3. The minimum atomic E-state index is -4.40. The van der Waals surface area contributed by atoms with Crippen molar-refractivity contribution in [3.05, 3.63) is 0 Å². The molecule has 0 spiro atoms. The van der Waals surface area contributed by atoms with Crippen molar-refractivity contribution >= 4 is 16.0 Å². The molecule has 0 saturated carbocycles. The zero-order valence-electron chi connectivity index (χ0n) is 10.2. The third-order valence-electron chi connectivity index (χ3n) is 2.96. The summed E-state index contributed by atoms with van der Waals surface area (Å²) in [4.78, 5) is 11.0. The fourth-order valence-corrected chi connectivity index (χ4v) is 3.79. The smallest absolute Gasteiger partial charge is 0.389 e. The number of piperidine rings is 1. The maximum absolute atomic E-state index is 12.0. The summed E-state index contributed by atoms with van der Waals surface area (Å²) in [5.41, 5.74) is 0. The van der Waals surface area contributed by atoms with Gasteiger partial charge in [-0.15, -0.1) is 0 Å². The first-order valence-corrected chi connectivity index (χ1v) is 7.53. The Balaban J connectivity index is 2.66. The van der Waals surface area contributed by atoms with E-state index >= 15 is 0 Å². The molecule has 9 heteroatoms. The van der Waals surface area contributed by atoms with E-state index in [1.54, 1.807) is 0 Å². The molecule has 0 bridgehead atoms. The summed E-state index contributed by atoms with van der Waals surface area (Å²) in [6, 6.07) is -1.15. The first-order chi connectivity index (χ1) is 8.63. The standard InChI is InChI=1S/C10H16F3NO4S/c11-10(12,13)5-3-7-19(17,18)14-6-2-1-4-8(14)9(15)16/h8H,1-7H2,(H,15,16)/t8-/m0/s1. The van der Waals surface area contributed by atoms with Gasteiger partial charge in [-0.1, -0.05) is 0 Å². The van der Waals surface area contributed by atoms with Gasteiger partial charge < -0.3 is 5.11 Å². The van der Waals surface area contributed by atoms with Crippen LogP contribution < -0.4 is 0 Å². The van der Waals surface area contributed by atoms with E-state index in [9.17, 15) is 26.4 Å². The fraction of sp³-hybridized carbons (Fsp3) is 0.900. The molecule has 112 valence electrons. The van der Waals surface area contributed by atoms with Gasteiger partial charge in [0.05, 0.1) is 5.75 Å². The first-order valence-electron chi connectivity index (χ1n) is 5.92. The van der Waals surface area contributed by atoms with E-state index in [1.807, 2.05) is 0 Å². The molecule has 0 aromatic heterocycles. The van der Waals surface area contributed by atoms with Crippen molar-refractivity contribution in [2.45, 2.75) is 44.3 Å². The molecular formula is C10H16F3NO4S. The Kier molecular flexibility index (Phi) is 5.19. The number of carbonyl (C=O) groups is 1. The van der Waals surface area contributed by atoms with Gasteiger partial charge in [0, 0.05) is 13.0 Å². The largest absolute Gasteiger partial charge is 0.480 e. The lowest BCUT2D eigenvalue weighted by Gasteiger charge is -2.31. The number of sulfonamides is 1. The van der Waals surface area contributed by atoms with Crippen LogP contribution in [0.1, 0.15) is 32.1 Å². The zero-order chi connectivity index (χ0) is 14.7. The summed E-state index contributed by atoms with van der Waals surface area (Å²) in [7, 11) is -3.95. The number of carboxylic acids is 1. The van der Waals surface area contributed by atoms with Crippen molar-refractivity contribution in [2.75, 3.05) is 12.3 Å². The molecule has 0 unspecified atom stereocenters. The molecule has 1 fully saturated rings. The zero-order valence-corrected chi connectivity index (χ0v) is 11.0. The molecule has 1 aliphatic rings. The van der Waals surface area contributed by atoms with E-state index in [0.717, 1.165) is 4.31 Å². The summed E-state index contributed by atoms with van der Waals surface area (Å²) in [5.74, 6) is -1.92. The van der Waals surface area contributed by atoms with Crippen LogP contribution in [0.3, 0.4) is 0 Å². The Morgan fingerprint density at radius 3 is 2.47 bits per heavy atom. The molecular weight excluding hydrogens is 287 g/mol. The molecule has 0 aromatic rings. The Labute approximate surface area is 109 Å². The van der Waals surface area contributed by atoms with E-state index in [0.29, 0.717) is 12.8 Å². The predicted molar refractivity (Wildman–Crippen MR) is 61.1 cm³/mol. The molecule has 1 heterocycles. The molecule has 1 atom stereocenters. The molecule has 5 nitrogen and oxygen atoms in total. The lowest BCUT2D eigenvalue weighted by atomic mass is 10.1. The van der Waals surface area contributed by atoms with Crippen LogP contribution in [0.15, 0.2) is 0 Å². The normalized spacial score (nSPS) is 22.4. The number of alkyl halides is 3. The maximum atomic E-state index is 12.0. The van der Waals surface area contributed by atoms with Crippen molar-refractivity contribution < 1.29 is 31.5 Å². The number of rotatable bonds is 5. The van der Waals surface area contributed by atoms with Gasteiger partial charge in [0.15, 0.2) is 0 Å². The van der Waals surface area contributed by atoms with E-state index in [-0.39, 0.29) is 13.0 Å². The Morgan fingerprint density at radius 2 is 1.95 bits per heavy atom. The van der Waals surface area contributed by atoms with Crippen LogP contribution in [-0.2, 0) is 14.8 Å². The summed E-state index contributed by atoms with van der Waals surface area (Å²) in [6.07, 6.45) is -4.79. The van der Waals surface area contributed by atoms with Crippen LogP contribution in [0.2, 0.25) is 0 Å². The SMILES string of the molecule is O=C(O)[C@@H]1CCCCN1S(=O)(=O)CCCC(F)(F)F. The van der Waals surface area contributed by atoms with Crippen LogP contribution in [-0.4, -0.2) is 48.3 Å².